The lowest BCUT2D eigenvalue weighted by Gasteiger charge is -2.18. The second kappa shape index (κ2) is 9.20. The number of carbonyl (C=O) groups excluding carboxylic acids is 1. The van der Waals surface area contributed by atoms with Crippen molar-refractivity contribution in [1.82, 2.24) is 35.1 Å². The van der Waals surface area contributed by atoms with Crippen molar-refractivity contribution in [3.8, 4) is 16.9 Å². The number of nitrogens with zero attached hydrogens (tertiary/aromatic N) is 6. The molecule has 3 heterocycles. The summed E-state index contributed by atoms with van der Waals surface area (Å²) in [5.74, 6) is -2.40. The number of amides is 1. The van der Waals surface area contributed by atoms with E-state index >= 15 is 0 Å². The second-order valence-corrected chi connectivity index (χ2v) is 7.81. The van der Waals surface area contributed by atoms with Crippen molar-refractivity contribution >= 4 is 11.6 Å². The van der Waals surface area contributed by atoms with Crippen LogP contribution < -0.4 is 16.6 Å². The number of rotatable bonds is 5. The Kier molecular flexibility index (Phi) is 6.26. The molecule has 3 aromatic heterocycles. The monoisotopic (exact) mass is 502 g/mol. The first kappa shape index (κ1) is 24.5. The molecule has 3 N–H and O–H groups in total. The molecular weight excluding hydrogens is 484 g/mol. The first-order valence-electron chi connectivity index (χ1n) is 10.3. The quantitative estimate of drug-likeness (QED) is 0.317. The third kappa shape index (κ3) is 4.78. The molecule has 0 spiro atoms. The maximum absolute atomic E-state index is 14.6. The van der Waals surface area contributed by atoms with E-state index < -0.39 is 40.6 Å². The first-order valence-corrected chi connectivity index (χ1v) is 10.3. The molecule has 4 aromatic rings. The van der Waals surface area contributed by atoms with Crippen molar-refractivity contribution < 1.29 is 22.4 Å². The van der Waals surface area contributed by atoms with Crippen molar-refractivity contribution in [2.45, 2.75) is 19.1 Å². The second-order valence-electron chi connectivity index (χ2n) is 7.81. The van der Waals surface area contributed by atoms with Crippen molar-refractivity contribution in [2.24, 2.45) is 7.05 Å². The number of nitrogen functional groups attached to an aromatic ring is 1. The number of nitrogens with two attached hydrogens (primary N) is 1. The van der Waals surface area contributed by atoms with Crippen LogP contribution in [0.1, 0.15) is 34.6 Å². The summed E-state index contributed by atoms with van der Waals surface area (Å²) in [6.45, 7) is 1.29. The SMILES string of the molecule is C[C@@H](NC(=O)c1ccc(=O)n(-c2cncc(-c3cnnn3C)c2)n1)c1cc(N)cc(C(F)(F)F)c1F. The Labute approximate surface area is 200 Å². The summed E-state index contributed by atoms with van der Waals surface area (Å²) in [7, 11) is 1.67. The number of nitrogens with one attached hydrogen (secondary N) is 1. The third-order valence-electron chi connectivity index (χ3n) is 5.25. The number of aryl methyl sites for hydroxylation is 1. The molecule has 1 atom stereocenters. The molecule has 0 unspecified atom stereocenters. The van der Waals surface area contributed by atoms with Gasteiger partial charge in [0.05, 0.1) is 35.4 Å². The predicted octanol–water partition coefficient (Wildman–Crippen LogP) is 2.65. The molecule has 0 saturated carbocycles. The van der Waals surface area contributed by atoms with Gasteiger partial charge in [0, 0.05) is 36.1 Å². The van der Waals surface area contributed by atoms with Gasteiger partial charge in [0.15, 0.2) is 0 Å². The summed E-state index contributed by atoms with van der Waals surface area (Å²) in [6.07, 6.45) is -0.585. The smallest absolute Gasteiger partial charge is 0.399 e. The molecule has 4 rings (SSSR count). The average molecular weight is 502 g/mol. The van der Waals surface area contributed by atoms with Gasteiger partial charge in [0.2, 0.25) is 0 Å². The highest BCUT2D eigenvalue weighted by atomic mass is 19.4. The number of alkyl halides is 3. The normalized spacial score (nSPS) is 12.4. The van der Waals surface area contributed by atoms with Crippen molar-refractivity contribution in [2.75, 3.05) is 5.73 Å². The zero-order valence-electron chi connectivity index (χ0n) is 18.8. The Bertz CT molecular complexity index is 1510. The highest BCUT2D eigenvalue weighted by Gasteiger charge is 2.36. The standard InChI is InChI=1S/C22H18F4N8O2/c1-11(15-6-13(27)7-16(20(15)23)22(24,25)26)30-21(36)17-3-4-19(35)34(31-17)14-5-12(8-28-9-14)18-10-29-32-33(18)2/h3-11H,27H2,1-2H3,(H,30,36)/t11-/m1/s1. The van der Waals surface area contributed by atoms with Gasteiger partial charge in [0.1, 0.15) is 11.5 Å². The lowest BCUT2D eigenvalue weighted by atomic mass is 10.0. The van der Waals surface area contributed by atoms with Crippen LogP contribution in [0, 0.1) is 5.82 Å². The van der Waals surface area contributed by atoms with Crippen LogP contribution in [0.3, 0.4) is 0 Å². The van der Waals surface area contributed by atoms with Crippen molar-refractivity contribution in [3.05, 3.63) is 81.9 Å². The Hall–Kier alpha value is -4.62. The fraction of sp³-hybridized carbons (Fsp3) is 0.182. The number of anilines is 1. The van der Waals surface area contributed by atoms with Gasteiger partial charge in [-0.3, -0.25) is 14.6 Å². The molecule has 0 aliphatic rings. The van der Waals surface area contributed by atoms with Gasteiger partial charge in [-0.15, -0.1) is 5.10 Å². The number of aromatic nitrogens is 6. The topological polar surface area (TPSA) is 134 Å². The van der Waals surface area contributed by atoms with E-state index in [4.69, 9.17) is 5.73 Å². The van der Waals surface area contributed by atoms with Crippen LogP contribution >= 0.6 is 0 Å². The lowest BCUT2D eigenvalue weighted by Crippen LogP contribution is -2.31. The van der Waals surface area contributed by atoms with Gasteiger partial charge in [-0.1, -0.05) is 5.21 Å². The molecule has 0 fully saturated rings. The Morgan fingerprint density at radius 3 is 2.56 bits per heavy atom. The third-order valence-corrected chi connectivity index (χ3v) is 5.25. The Balaban J connectivity index is 1.64. The molecular formula is C22H18F4N8O2. The van der Waals surface area contributed by atoms with Crippen LogP contribution in [0.15, 0.2) is 53.7 Å². The molecule has 0 bridgehead atoms. The van der Waals surface area contributed by atoms with E-state index in [0.717, 1.165) is 22.9 Å². The zero-order chi connectivity index (χ0) is 26.2. The molecule has 36 heavy (non-hydrogen) atoms. The molecule has 1 aromatic carbocycles. The lowest BCUT2D eigenvalue weighted by molar-refractivity contribution is -0.140. The molecule has 0 saturated heterocycles. The van der Waals surface area contributed by atoms with E-state index in [9.17, 15) is 27.2 Å². The Morgan fingerprint density at radius 1 is 1.14 bits per heavy atom. The van der Waals surface area contributed by atoms with Crippen LogP contribution in [-0.2, 0) is 13.2 Å². The van der Waals surface area contributed by atoms with Crippen LogP contribution in [0.4, 0.5) is 23.2 Å². The highest BCUT2D eigenvalue weighted by molar-refractivity contribution is 5.92. The average Bonchev–Trinajstić information content (AvgIpc) is 3.25. The maximum Gasteiger partial charge on any atom is 0.419 e. The van der Waals surface area contributed by atoms with Gasteiger partial charge in [-0.05, 0) is 31.2 Å². The predicted molar refractivity (Wildman–Crippen MR) is 119 cm³/mol. The van der Waals surface area contributed by atoms with Crippen molar-refractivity contribution in [1.29, 1.82) is 0 Å². The van der Waals surface area contributed by atoms with Gasteiger partial charge in [-0.25, -0.2) is 9.07 Å². The van der Waals surface area contributed by atoms with E-state index in [-0.39, 0.29) is 17.1 Å². The number of halogens is 4. The van der Waals surface area contributed by atoms with Gasteiger partial charge in [-0.2, -0.15) is 23.0 Å². The van der Waals surface area contributed by atoms with Gasteiger partial charge in [0.25, 0.3) is 11.5 Å². The molecule has 10 nitrogen and oxygen atoms in total. The fourth-order valence-corrected chi connectivity index (χ4v) is 3.49. The van der Waals surface area contributed by atoms with E-state index in [1.54, 1.807) is 13.1 Å². The summed E-state index contributed by atoms with van der Waals surface area (Å²) in [5.41, 5.74) is 3.82. The van der Waals surface area contributed by atoms with E-state index in [0.29, 0.717) is 17.3 Å². The minimum atomic E-state index is -4.97. The highest BCUT2D eigenvalue weighted by Crippen LogP contribution is 2.35. The molecule has 0 radical (unpaired) electrons. The number of hydrogen-bond acceptors (Lipinski definition) is 7. The molecule has 0 aliphatic heterocycles. The zero-order valence-corrected chi connectivity index (χ0v) is 18.8. The maximum atomic E-state index is 14.6. The van der Waals surface area contributed by atoms with Crippen LogP contribution in [0.2, 0.25) is 0 Å². The van der Waals surface area contributed by atoms with Crippen LogP contribution in [0.5, 0.6) is 0 Å². The summed E-state index contributed by atoms with van der Waals surface area (Å²) >= 11 is 0. The number of carbonyl (C=O) groups is 1. The first-order chi connectivity index (χ1) is 17.0. The van der Waals surface area contributed by atoms with Crippen molar-refractivity contribution in [3.63, 3.8) is 0 Å². The van der Waals surface area contributed by atoms with E-state index in [1.807, 2.05) is 0 Å². The van der Waals surface area contributed by atoms with E-state index in [2.05, 4.69) is 25.7 Å². The summed E-state index contributed by atoms with van der Waals surface area (Å²) in [6, 6.07) is 4.11. The van der Waals surface area contributed by atoms with E-state index in [1.165, 1.54) is 30.2 Å². The minimum absolute atomic E-state index is 0.234. The Morgan fingerprint density at radius 2 is 1.89 bits per heavy atom. The minimum Gasteiger partial charge on any atom is -0.399 e. The molecule has 0 aliphatic carbocycles. The number of benzene rings is 1. The molecule has 1 amide bonds. The van der Waals surface area contributed by atoms with Crippen LogP contribution in [0.25, 0.3) is 16.9 Å². The van der Waals surface area contributed by atoms with Gasteiger partial charge < -0.3 is 11.1 Å². The number of pyridine rings is 1. The molecule has 14 heteroatoms. The summed E-state index contributed by atoms with van der Waals surface area (Å²) < 4.78 is 56.4. The fourth-order valence-electron chi connectivity index (χ4n) is 3.49. The molecule has 186 valence electrons. The van der Waals surface area contributed by atoms with Gasteiger partial charge >= 0.3 is 6.18 Å². The van der Waals surface area contributed by atoms with Crippen LogP contribution in [-0.4, -0.2) is 35.7 Å². The number of hydrogen-bond donors (Lipinski definition) is 2. The summed E-state index contributed by atoms with van der Waals surface area (Å²) in [5, 5.41) is 14.1. The summed E-state index contributed by atoms with van der Waals surface area (Å²) in [4.78, 5) is 29.4. The largest absolute Gasteiger partial charge is 0.419 e.